The van der Waals surface area contributed by atoms with Crippen molar-refractivity contribution in [2.45, 2.75) is 26.0 Å². The summed E-state index contributed by atoms with van der Waals surface area (Å²) in [6, 6.07) is 21.1. The molecule has 0 aliphatic carbocycles. The van der Waals surface area contributed by atoms with E-state index < -0.39 is 0 Å². The first-order chi connectivity index (χ1) is 20.7. The van der Waals surface area contributed by atoms with Gasteiger partial charge >= 0.3 is 0 Å². The predicted molar refractivity (Wildman–Crippen MR) is 173 cm³/mol. The molecule has 1 N–H and O–H groups in total. The minimum Gasteiger partial charge on any atom is -0.497 e. The van der Waals surface area contributed by atoms with Gasteiger partial charge < -0.3 is 14.8 Å². The molecule has 1 aliphatic heterocycles. The van der Waals surface area contributed by atoms with Crippen LogP contribution in [0.3, 0.4) is 0 Å². The van der Waals surface area contributed by atoms with E-state index in [0.29, 0.717) is 34.6 Å². The van der Waals surface area contributed by atoms with Crippen LogP contribution in [0.25, 0.3) is 16.9 Å². The van der Waals surface area contributed by atoms with Crippen molar-refractivity contribution in [3.63, 3.8) is 0 Å². The quantitative estimate of drug-likeness (QED) is 0.232. The van der Waals surface area contributed by atoms with Crippen LogP contribution in [-0.2, 0) is 9.59 Å². The van der Waals surface area contributed by atoms with E-state index in [-0.39, 0.29) is 35.3 Å². The molecule has 0 bridgehead atoms. The van der Waals surface area contributed by atoms with Gasteiger partial charge in [0.15, 0.2) is 0 Å². The Morgan fingerprint density at radius 3 is 2.44 bits per heavy atom. The largest absolute Gasteiger partial charge is 0.497 e. The van der Waals surface area contributed by atoms with Crippen LogP contribution in [0.15, 0.2) is 66.7 Å². The van der Waals surface area contributed by atoms with Gasteiger partial charge in [0.1, 0.15) is 23.9 Å². The number of fused-ring (bicyclic) bond motifs is 1. The summed E-state index contributed by atoms with van der Waals surface area (Å²) in [6.07, 6.45) is 0. The molecule has 4 aromatic rings. The lowest BCUT2D eigenvalue weighted by Crippen LogP contribution is -2.43. The summed E-state index contributed by atoms with van der Waals surface area (Å²) >= 11 is 7.75. The second-order valence-corrected chi connectivity index (χ2v) is 12.3. The molecule has 0 fully saturated rings. The van der Waals surface area contributed by atoms with Crippen molar-refractivity contribution in [3.8, 4) is 28.4 Å². The first kappa shape index (κ1) is 30.5. The molecule has 10 heteroatoms. The van der Waals surface area contributed by atoms with Crippen LogP contribution in [0.2, 0.25) is 5.02 Å². The Morgan fingerprint density at radius 1 is 1.07 bits per heavy atom. The minimum atomic E-state index is -0.377. The molecule has 43 heavy (non-hydrogen) atoms. The highest BCUT2D eigenvalue weighted by atomic mass is 35.5. The first-order valence-electron chi connectivity index (χ1n) is 14.1. The van der Waals surface area contributed by atoms with E-state index >= 15 is 0 Å². The lowest BCUT2D eigenvalue weighted by Gasteiger charge is -2.24. The third-order valence-corrected chi connectivity index (χ3v) is 8.70. The SMILES string of the molecule is COc1ccc(OC)c([C@H]2SCC(=O)N(CC(=O)NCC(C)C)c3c2c(-c2ccc(Cl)cc2)nn3-c2ccc(C)cc2)c1. The Bertz CT molecular complexity index is 1620. The maximum absolute atomic E-state index is 13.9. The number of halogens is 1. The third-order valence-electron chi connectivity index (χ3n) is 7.21. The van der Waals surface area contributed by atoms with E-state index in [9.17, 15) is 9.59 Å². The topological polar surface area (TPSA) is 85.7 Å². The smallest absolute Gasteiger partial charge is 0.240 e. The molecule has 5 rings (SSSR count). The van der Waals surface area contributed by atoms with Gasteiger partial charge in [-0.1, -0.05) is 55.3 Å². The predicted octanol–water partition coefficient (Wildman–Crippen LogP) is 6.46. The van der Waals surface area contributed by atoms with Crippen LogP contribution in [0, 0.1) is 12.8 Å². The molecule has 2 heterocycles. The van der Waals surface area contributed by atoms with Crippen LogP contribution in [0.1, 0.15) is 35.8 Å². The van der Waals surface area contributed by atoms with E-state index in [2.05, 4.69) is 5.32 Å². The Morgan fingerprint density at radius 2 is 1.79 bits per heavy atom. The van der Waals surface area contributed by atoms with Gasteiger partial charge in [0.05, 0.1) is 36.6 Å². The lowest BCUT2D eigenvalue weighted by molar-refractivity contribution is -0.123. The van der Waals surface area contributed by atoms with Crippen molar-refractivity contribution in [2.24, 2.45) is 5.92 Å². The number of aromatic nitrogens is 2. The third kappa shape index (κ3) is 6.53. The van der Waals surface area contributed by atoms with Gasteiger partial charge in [-0.15, -0.1) is 11.8 Å². The molecule has 1 atom stereocenters. The molecule has 1 aromatic heterocycles. The van der Waals surface area contributed by atoms with Gasteiger partial charge in [0, 0.05) is 28.3 Å². The number of benzene rings is 3. The average Bonchev–Trinajstić information content (AvgIpc) is 3.32. The monoisotopic (exact) mass is 618 g/mol. The van der Waals surface area contributed by atoms with Crippen LogP contribution < -0.4 is 19.7 Å². The van der Waals surface area contributed by atoms with Crippen molar-refractivity contribution in [1.29, 1.82) is 0 Å². The number of amides is 2. The number of hydrogen-bond acceptors (Lipinski definition) is 6. The summed E-state index contributed by atoms with van der Waals surface area (Å²) in [5.74, 6) is 1.85. The number of hydrogen-bond donors (Lipinski definition) is 1. The van der Waals surface area contributed by atoms with Crippen LogP contribution in [0.4, 0.5) is 5.82 Å². The first-order valence-corrected chi connectivity index (χ1v) is 15.5. The number of thioether (sulfide) groups is 1. The van der Waals surface area contributed by atoms with E-state index in [1.54, 1.807) is 23.8 Å². The van der Waals surface area contributed by atoms with E-state index in [1.165, 1.54) is 11.8 Å². The van der Waals surface area contributed by atoms with Gasteiger partial charge in [-0.3, -0.25) is 14.5 Å². The highest BCUT2D eigenvalue weighted by molar-refractivity contribution is 8.00. The van der Waals surface area contributed by atoms with Crippen molar-refractivity contribution < 1.29 is 19.1 Å². The molecule has 8 nitrogen and oxygen atoms in total. The fourth-order valence-corrected chi connectivity index (χ4v) is 6.35. The molecule has 0 saturated heterocycles. The summed E-state index contributed by atoms with van der Waals surface area (Å²) in [4.78, 5) is 28.7. The number of carbonyl (C=O) groups is 2. The molecule has 1 aliphatic rings. The van der Waals surface area contributed by atoms with Crippen LogP contribution in [-0.4, -0.2) is 54.7 Å². The molecule has 3 aromatic carbocycles. The van der Waals surface area contributed by atoms with E-state index in [0.717, 1.165) is 27.9 Å². The lowest BCUT2D eigenvalue weighted by atomic mass is 9.98. The highest BCUT2D eigenvalue weighted by Crippen LogP contribution is 2.51. The summed E-state index contributed by atoms with van der Waals surface area (Å²) in [5.41, 5.74) is 5.00. The number of methoxy groups -OCH3 is 2. The van der Waals surface area contributed by atoms with Gasteiger partial charge in [-0.25, -0.2) is 4.68 Å². The average molecular weight is 619 g/mol. The molecule has 0 radical (unpaired) electrons. The Kier molecular flexibility index (Phi) is 9.32. The molecule has 0 saturated carbocycles. The molecular weight excluding hydrogens is 584 g/mol. The zero-order valence-electron chi connectivity index (χ0n) is 24.9. The van der Waals surface area contributed by atoms with Crippen molar-refractivity contribution in [1.82, 2.24) is 15.1 Å². The maximum atomic E-state index is 13.9. The highest BCUT2D eigenvalue weighted by Gasteiger charge is 2.38. The number of aryl methyl sites for hydroxylation is 1. The number of anilines is 1. The molecular formula is C33H35ClN4O4S. The Labute approximate surface area is 261 Å². The number of nitrogens with one attached hydrogen (secondary N) is 1. The number of ether oxygens (including phenoxy) is 2. The molecule has 224 valence electrons. The van der Waals surface area contributed by atoms with Gasteiger partial charge in [0.25, 0.3) is 0 Å². The maximum Gasteiger partial charge on any atom is 0.240 e. The molecule has 2 amide bonds. The van der Waals surface area contributed by atoms with Crippen molar-refractivity contribution in [2.75, 3.05) is 38.0 Å². The summed E-state index contributed by atoms with van der Waals surface area (Å²) in [6.45, 7) is 6.45. The second-order valence-electron chi connectivity index (χ2n) is 10.8. The van der Waals surface area contributed by atoms with Gasteiger partial charge in [-0.2, -0.15) is 5.10 Å². The fourth-order valence-electron chi connectivity index (χ4n) is 5.01. The number of nitrogens with zero attached hydrogens (tertiary/aromatic N) is 3. The van der Waals surface area contributed by atoms with Crippen molar-refractivity contribution >= 4 is 41.0 Å². The standard InChI is InChI=1S/C33H35ClN4O4S/c1-20(2)17-35-28(39)18-37-29(40)19-43-32(26-16-25(41-4)14-15-27(26)42-5)30-31(22-8-10-23(34)11-9-22)36-38(33(30)37)24-12-6-21(3)7-13-24/h6-16,20,32H,17-19H2,1-5H3,(H,35,39)/t32-/m1/s1. The minimum absolute atomic E-state index is 0.140. The van der Waals surface area contributed by atoms with Crippen LogP contribution in [0.5, 0.6) is 11.5 Å². The van der Waals surface area contributed by atoms with Crippen molar-refractivity contribution in [3.05, 3.63) is 88.4 Å². The summed E-state index contributed by atoms with van der Waals surface area (Å²) in [5, 5.41) is 8.33. The van der Waals surface area contributed by atoms with E-state index in [1.807, 2.05) is 87.5 Å². The van der Waals surface area contributed by atoms with E-state index in [4.69, 9.17) is 26.2 Å². The number of rotatable bonds is 9. The molecule has 0 unspecified atom stereocenters. The zero-order valence-corrected chi connectivity index (χ0v) is 26.5. The Hall–Kier alpha value is -3.95. The van der Waals surface area contributed by atoms with Gasteiger partial charge in [-0.05, 0) is 55.3 Å². The Balaban J connectivity index is 1.81. The summed E-state index contributed by atoms with van der Waals surface area (Å²) in [7, 11) is 3.24. The normalized spacial score (nSPS) is 14.8. The molecule has 0 spiro atoms. The van der Waals surface area contributed by atoms with Crippen LogP contribution >= 0.6 is 23.4 Å². The zero-order chi connectivity index (χ0) is 30.7. The fraction of sp³-hybridized carbons (Fsp3) is 0.303. The summed E-state index contributed by atoms with van der Waals surface area (Å²) < 4.78 is 13.2. The second kappa shape index (κ2) is 13.1. The van der Waals surface area contributed by atoms with Gasteiger partial charge in [0.2, 0.25) is 11.8 Å². The number of carbonyl (C=O) groups excluding carboxylic acids is 2.